The highest BCUT2D eigenvalue weighted by Gasteiger charge is 2.12. The Bertz CT molecular complexity index is 374. The van der Waals surface area contributed by atoms with Crippen LogP contribution in [0.4, 0.5) is 0 Å². The predicted molar refractivity (Wildman–Crippen MR) is 64.1 cm³/mol. The summed E-state index contributed by atoms with van der Waals surface area (Å²) in [6, 6.07) is 5.37. The van der Waals surface area contributed by atoms with Gasteiger partial charge in [-0.05, 0) is 30.9 Å². The molecule has 0 unspecified atom stereocenters. The first-order valence-corrected chi connectivity index (χ1v) is 5.67. The van der Waals surface area contributed by atoms with Crippen LogP contribution in [0.2, 0.25) is 0 Å². The fourth-order valence-electron chi connectivity index (χ4n) is 1.65. The second kappa shape index (κ2) is 7.04. The van der Waals surface area contributed by atoms with Crippen molar-refractivity contribution in [3.05, 3.63) is 34.9 Å². The number of hydrogen-bond acceptors (Lipinski definition) is 3. The third-order valence-corrected chi connectivity index (χ3v) is 2.53. The second-order valence-electron chi connectivity index (χ2n) is 3.90. The largest absolute Gasteiger partial charge is 0.478 e. The molecule has 4 heteroatoms. The summed E-state index contributed by atoms with van der Waals surface area (Å²) in [5.41, 5.74) is 1.77. The van der Waals surface area contributed by atoms with Gasteiger partial charge in [-0.3, -0.25) is 0 Å². The van der Waals surface area contributed by atoms with Crippen LogP contribution in [0.15, 0.2) is 18.2 Å². The molecule has 0 fully saturated rings. The molecule has 0 aliphatic heterocycles. The molecule has 0 aromatic heterocycles. The fourth-order valence-corrected chi connectivity index (χ4v) is 1.65. The molecule has 0 atom stereocenters. The summed E-state index contributed by atoms with van der Waals surface area (Å²) in [7, 11) is 0. The molecule has 2 N–H and O–H groups in total. The quantitative estimate of drug-likeness (QED) is 0.713. The highest BCUT2D eigenvalue weighted by Crippen LogP contribution is 2.15. The summed E-state index contributed by atoms with van der Waals surface area (Å²) in [6.07, 6.45) is 1.49. The van der Waals surface area contributed by atoms with E-state index >= 15 is 0 Å². The Morgan fingerprint density at radius 1 is 1.35 bits per heavy atom. The first kappa shape index (κ1) is 13.7. The Balaban J connectivity index is 2.58. The van der Waals surface area contributed by atoms with Crippen LogP contribution in [0.1, 0.15) is 34.3 Å². The van der Waals surface area contributed by atoms with Crippen LogP contribution < -0.4 is 0 Å². The third-order valence-electron chi connectivity index (χ3n) is 2.53. The van der Waals surface area contributed by atoms with Gasteiger partial charge < -0.3 is 14.9 Å². The summed E-state index contributed by atoms with van der Waals surface area (Å²) < 4.78 is 5.39. The minimum atomic E-state index is -0.919. The van der Waals surface area contributed by atoms with Crippen molar-refractivity contribution in [2.75, 3.05) is 13.2 Å². The van der Waals surface area contributed by atoms with Crippen LogP contribution in [0, 0.1) is 6.92 Å². The highest BCUT2D eigenvalue weighted by atomic mass is 16.5. The van der Waals surface area contributed by atoms with Crippen molar-refractivity contribution in [3.8, 4) is 0 Å². The Morgan fingerprint density at radius 2 is 2.12 bits per heavy atom. The van der Waals surface area contributed by atoms with E-state index in [-0.39, 0.29) is 6.61 Å². The minimum Gasteiger partial charge on any atom is -0.478 e. The minimum absolute atomic E-state index is 0.161. The van der Waals surface area contributed by atoms with Crippen LogP contribution in [0.25, 0.3) is 0 Å². The van der Waals surface area contributed by atoms with Crippen molar-refractivity contribution in [2.24, 2.45) is 0 Å². The Labute approximate surface area is 101 Å². The van der Waals surface area contributed by atoms with E-state index in [0.717, 1.165) is 12.0 Å². The molecular weight excluding hydrogens is 220 g/mol. The standard InChI is InChI=1S/C13H18O4/c1-10-5-4-6-11(12(10)13(15)16)9-17-8-3-2-7-14/h4-6,14H,2-3,7-9H2,1H3,(H,15,16). The van der Waals surface area contributed by atoms with E-state index in [4.69, 9.17) is 14.9 Å². The molecule has 0 spiro atoms. The number of unbranched alkanes of at least 4 members (excludes halogenated alkanes) is 1. The number of aryl methyl sites for hydroxylation is 1. The van der Waals surface area contributed by atoms with Gasteiger partial charge in [0.25, 0.3) is 0 Å². The fraction of sp³-hybridized carbons (Fsp3) is 0.462. The average Bonchev–Trinajstić information content (AvgIpc) is 2.28. The number of aliphatic hydroxyl groups is 1. The van der Waals surface area contributed by atoms with Crippen molar-refractivity contribution < 1.29 is 19.7 Å². The van der Waals surface area contributed by atoms with Gasteiger partial charge in [-0.1, -0.05) is 18.2 Å². The van der Waals surface area contributed by atoms with Crippen molar-refractivity contribution in [3.63, 3.8) is 0 Å². The Kier molecular flexibility index (Phi) is 5.66. The summed E-state index contributed by atoms with van der Waals surface area (Å²) in [6.45, 7) is 2.77. The van der Waals surface area contributed by atoms with Crippen LogP contribution in [-0.2, 0) is 11.3 Å². The van der Waals surface area contributed by atoms with E-state index in [9.17, 15) is 4.79 Å². The molecule has 17 heavy (non-hydrogen) atoms. The lowest BCUT2D eigenvalue weighted by Gasteiger charge is -2.09. The number of carbonyl (C=O) groups is 1. The van der Waals surface area contributed by atoms with E-state index in [1.54, 1.807) is 19.1 Å². The maximum atomic E-state index is 11.1. The van der Waals surface area contributed by atoms with Gasteiger partial charge in [-0.25, -0.2) is 4.79 Å². The lowest BCUT2D eigenvalue weighted by atomic mass is 10.0. The van der Waals surface area contributed by atoms with Gasteiger partial charge in [-0.2, -0.15) is 0 Å². The first-order chi connectivity index (χ1) is 8.16. The zero-order valence-corrected chi connectivity index (χ0v) is 9.98. The van der Waals surface area contributed by atoms with E-state index in [0.29, 0.717) is 30.8 Å². The Morgan fingerprint density at radius 3 is 2.76 bits per heavy atom. The number of rotatable bonds is 7. The number of aliphatic hydroxyl groups excluding tert-OH is 1. The predicted octanol–water partition coefficient (Wildman–Crippen LogP) is 1.98. The number of carboxylic acids is 1. The molecule has 0 amide bonds. The average molecular weight is 238 g/mol. The highest BCUT2D eigenvalue weighted by molar-refractivity contribution is 5.91. The van der Waals surface area contributed by atoms with E-state index in [1.807, 2.05) is 6.07 Å². The molecule has 94 valence electrons. The Hall–Kier alpha value is -1.39. The zero-order valence-electron chi connectivity index (χ0n) is 9.98. The van der Waals surface area contributed by atoms with Crippen LogP contribution >= 0.6 is 0 Å². The van der Waals surface area contributed by atoms with Gasteiger partial charge in [0.2, 0.25) is 0 Å². The molecule has 0 aliphatic rings. The van der Waals surface area contributed by atoms with Crippen LogP contribution in [0.5, 0.6) is 0 Å². The van der Waals surface area contributed by atoms with Gasteiger partial charge in [0, 0.05) is 13.2 Å². The van der Waals surface area contributed by atoms with Crippen LogP contribution in [-0.4, -0.2) is 29.4 Å². The van der Waals surface area contributed by atoms with Crippen molar-refractivity contribution >= 4 is 5.97 Å². The number of hydrogen-bond donors (Lipinski definition) is 2. The molecule has 0 saturated heterocycles. The van der Waals surface area contributed by atoms with Gasteiger partial charge in [0.15, 0.2) is 0 Å². The molecule has 1 aromatic carbocycles. The molecule has 0 radical (unpaired) electrons. The van der Waals surface area contributed by atoms with Crippen molar-refractivity contribution in [2.45, 2.75) is 26.4 Å². The number of aromatic carboxylic acids is 1. The normalized spacial score (nSPS) is 10.5. The number of ether oxygens (including phenoxy) is 1. The monoisotopic (exact) mass is 238 g/mol. The smallest absolute Gasteiger partial charge is 0.336 e. The molecule has 4 nitrogen and oxygen atoms in total. The molecular formula is C13H18O4. The summed E-state index contributed by atoms with van der Waals surface area (Å²) in [5, 5.41) is 17.7. The van der Waals surface area contributed by atoms with Gasteiger partial charge >= 0.3 is 5.97 Å². The summed E-state index contributed by atoms with van der Waals surface area (Å²) in [4.78, 5) is 11.1. The topological polar surface area (TPSA) is 66.8 Å². The zero-order chi connectivity index (χ0) is 12.7. The van der Waals surface area contributed by atoms with Gasteiger partial charge in [0.1, 0.15) is 0 Å². The molecule has 1 rings (SSSR count). The van der Waals surface area contributed by atoms with Crippen LogP contribution in [0.3, 0.4) is 0 Å². The van der Waals surface area contributed by atoms with Gasteiger partial charge in [-0.15, -0.1) is 0 Å². The lowest BCUT2D eigenvalue weighted by molar-refractivity contribution is 0.0685. The molecule has 0 aliphatic carbocycles. The maximum absolute atomic E-state index is 11.1. The van der Waals surface area contributed by atoms with E-state index in [2.05, 4.69) is 0 Å². The summed E-state index contributed by atoms with van der Waals surface area (Å²) >= 11 is 0. The second-order valence-corrected chi connectivity index (χ2v) is 3.90. The molecule has 1 aromatic rings. The SMILES string of the molecule is Cc1cccc(COCCCCO)c1C(=O)O. The lowest BCUT2D eigenvalue weighted by Crippen LogP contribution is -2.07. The number of carboxylic acid groups (broad SMARTS) is 1. The van der Waals surface area contributed by atoms with E-state index in [1.165, 1.54) is 0 Å². The van der Waals surface area contributed by atoms with E-state index < -0.39 is 5.97 Å². The molecule has 0 heterocycles. The van der Waals surface area contributed by atoms with Crippen molar-refractivity contribution in [1.29, 1.82) is 0 Å². The van der Waals surface area contributed by atoms with Gasteiger partial charge in [0.05, 0.1) is 12.2 Å². The first-order valence-electron chi connectivity index (χ1n) is 5.67. The maximum Gasteiger partial charge on any atom is 0.336 e. The number of benzene rings is 1. The van der Waals surface area contributed by atoms with Crippen molar-refractivity contribution in [1.82, 2.24) is 0 Å². The summed E-state index contributed by atoms with van der Waals surface area (Å²) in [5.74, 6) is -0.919. The third kappa shape index (κ3) is 4.17. The molecule has 0 bridgehead atoms. The molecule has 0 saturated carbocycles.